The van der Waals surface area contributed by atoms with Crippen molar-refractivity contribution >= 4 is 5.97 Å². The molecule has 0 amide bonds. The van der Waals surface area contributed by atoms with Gasteiger partial charge in [0.25, 0.3) is 0 Å². The van der Waals surface area contributed by atoms with E-state index in [0.717, 1.165) is 33.9 Å². The predicted octanol–water partition coefficient (Wildman–Crippen LogP) is 4.42. The van der Waals surface area contributed by atoms with Crippen molar-refractivity contribution in [1.29, 1.82) is 0 Å². The van der Waals surface area contributed by atoms with E-state index >= 15 is 0 Å². The van der Waals surface area contributed by atoms with Crippen LogP contribution in [0.4, 0.5) is 4.39 Å². The molecule has 2 rings (SSSR count). The Kier molecular flexibility index (Phi) is 3.62. The molecule has 0 saturated heterocycles. The molecule has 0 aliphatic rings. The first-order valence-electron chi connectivity index (χ1n) is 6.43. The third-order valence-corrected chi connectivity index (χ3v) is 3.85. The van der Waals surface area contributed by atoms with Gasteiger partial charge >= 0.3 is 5.97 Å². The summed E-state index contributed by atoms with van der Waals surface area (Å²) in [4.78, 5) is 11.4. The van der Waals surface area contributed by atoms with Gasteiger partial charge < -0.3 is 5.11 Å². The maximum Gasteiger partial charge on any atom is 0.336 e. The summed E-state index contributed by atoms with van der Waals surface area (Å²) in [5.41, 5.74) is 5.72. The number of aromatic carboxylic acids is 1. The fourth-order valence-corrected chi connectivity index (χ4v) is 2.53. The Balaban J connectivity index is 2.85. The Morgan fingerprint density at radius 2 is 1.55 bits per heavy atom. The molecule has 2 aromatic rings. The van der Waals surface area contributed by atoms with Crippen LogP contribution in [0, 0.1) is 33.5 Å². The molecule has 0 fully saturated rings. The molecule has 0 spiro atoms. The van der Waals surface area contributed by atoms with E-state index in [4.69, 9.17) is 0 Å². The summed E-state index contributed by atoms with van der Waals surface area (Å²) in [6, 6.07) is 6.01. The molecule has 0 atom stereocenters. The second-order valence-corrected chi connectivity index (χ2v) is 5.13. The van der Waals surface area contributed by atoms with Crippen LogP contribution in [0.2, 0.25) is 0 Å². The number of carbonyl (C=O) groups is 1. The topological polar surface area (TPSA) is 37.3 Å². The highest BCUT2D eigenvalue weighted by Crippen LogP contribution is 2.34. The van der Waals surface area contributed by atoms with Crippen LogP contribution in [-0.4, -0.2) is 11.1 Å². The third kappa shape index (κ3) is 2.31. The van der Waals surface area contributed by atoms with Gasteiger partial charge in [-0.15, -0.1) is 0 Å². The van der Waals surface area contributed by atoms with Gasteiger partial charge in [0, 0.05) is 0 Å². The van der Waals surface area contributed by atoms with E-state index in [1.807, 2.05) is 27.7 Å². The van der Waals surface area contributed by atoms with E-state index in [2.05, 4.69) is 6.07 Å². The molecule has 0 unspecified atom stereocenters. The summed E-state index contributed by atoms with van der Waals surface area (Å²) in [6.45, 7) is 7.92. The Bertz CT molecular complexity index is 676. The highest BCUT2D eigenvalue weighted by Gasteiger charge is 2.18. The first-order valence-corrected chi connectivity index (χ1v) is 6.43. The van der Waals surface area contributed by atoms with Gasteiger partial charge in [-0.2, -0.15) is 0 Å². The van der Waals surface area contributed by atoms with Crippen LogP contribution in [0.25, 0.3) is 11.1 Å². The molecule has 0 radical (unpaired) electrons. The Morgan fingerprint density at radius 1 is 1.00 bits per heavy atom. The van der Waals surface area contributed by atoms with E-state index in [1.165, 1.54) is 6.07 Å². The Morgan fingerprint density at radius 3 is 2.05 bits per heavy atom. The van der Waals surface area contributed by atoms with Crippen molar-refractivity contribution < 1.29 is 14.3 Å². The maximum atomic E-state index is 13.3. The minimum Gasteiger partial charge on any atom is -0.478 e. The van der Waals surface area contributed by atoms with Gasteiger partial charge in [0.05, 0.1) is 5.56 Å². The highest BCUT2D eigenvalue weighted by molar-refractivity contribution is 5.97. The predicted molar refractivity (Wildman–Crippen MR) is 77.7 cm³/mol. The van der Waals surface area contributed by atoms with Crippen LogP contribution < -0.4 is 0 Å². The minimum atomic E-state index is -1.11. The van der Waals surface area contributed by atoms with E-state index in [9.17, 15) is 14.3 Å². The zero-order chi connectivity index (χ0) is 15.0. The molecule has 3 heteroatoms. The number of halogens is 1. The second-order valence-electron chi connectivity index (χ2n) is 5.13. The van der Waals surface area contributed by atoms with Gasteiger partial charge in [0.1, 0.15) is 5.82 Å². The molecule has 0 aromatic heterocycles. The fraction of sp³-hybridized carbons (Fsp3) is 0.235. The molecule has 0 heterocycles. The fourth-order valence-electron chi connectivity index (χ4n) is 2.53. The lowest BCUT2D eigenvalue weighted by Gasteiger charge is -2.17. The number of hydrogen-bond donors (Lipinski definition) is 1. The van der Waals surface area contributed by atoms with Gasteiger partial charge in [-0.05, 0) is 73.2 Å². The SMILES string of the molecule is Cc1cc(C)c(C)c(-c2ccc(F)cc2C(=O)O)c1C. The van der Waals surface area contributed by atoms with Gasteiger partial charge in [-0.25, -0.2) is 9.18 Å². The standard InChI is InChI=1S/C17H17FO2/c1-9-7-10(2)12(4)16(11(9)3)14-6-5-13(18)8-15(14)17(19)20/h5-8H,1-4H3,(H,19,20). The molecular weight excluding hydrogens is 255 g/mol. The number of hydrogen-bond acceptors (Lipinski definition) is 1. The van der Waals surface area contributed by atoms with Gasteiger partial charge in [0.15, 0.2) is 0 Å². The van der Waals surface area contributed by atoms with Crippen LogP contribution in [-0.2, 0) is 0 Å². The van der Waals surface area contributed by atoms with Crippen molar-refractivity contribution in [3.8, 4) is 11.1 Å². The van der Waals surface area contributed by atoms with E-state index in [0.29, 0.717) is 5.56 Å². The van der Waals surface area contributed by atoms with Gasteiger partial charge in [0.2, 0.25) is 0 Å². The molecule has 104 valence electrons. The largest absolute Gasteiger partial charge is 0.478 e. The molecule has 2 nitrogen and oxygen atoms in total. The number of rotatable bonds is 2. The van der Waals surface area contributed by atoms with Gasteiger partial charge in [-0.1, -0.05) is 12.1 Å². The van der Waals surface area contributed by atoms with Crippen molar-refractivity contribution in [1.82, 2.24) is 0 Å². The summed E-state index contributed by atoms with van der Waals surface area (Å²) < 4.78 is 13.3. The lowest BCUT2D eigenvalue weighted by atomic mass is 9.87. The van der Waals surface area contributed by atoms with E-state index in [-0.39, 0.29) is 5.56 Å². The van der Waals surface area contributed by atoms with Crippen molar-refractivity contribution in [2.75, 3.05) is 0 Å². The van der Waals surface area contributed by atoms with Crippen LogP contribution in [0.5, 0.6) is 0 Å². The van der Waals surface area contributed by atoms with E-state index < -0.39 is 11.8 Å². The summed E-state index contributed by atoms with van der Waals surface area (Å²) in [5, 5.41) is 9.31. The molecule has 1 N–H and O–H groups in total. The smallest absolute Gasteiger partial charge is 0.336 e. The quantitative estimate of drug-likeness (QED) is 0.878. The lowest BCUT2D eigenvalue weighted by molar-refractivity contribution is 0.0697. The van der Waals surface area contributed by atoms with Gasteiger partial charge in [-0.3, -0.25) is 0 Å². The summed E-state index contributed by atoms with van der Waals surface area (Å²) in [7, 11) is 0. The maximum absolute atomic E-state index is 13.3. The monoisotopic (exact) mass is 272 g/mol. The highest BCUT2D eigenvalue weighted by atomic mass is 19.1. The zero-order valence-corrected chi connectivity index (χ0v) is 12.0. The number of carboxylic acids is 1. The molecule has 20 heavy (non-hydrogen) atoms. The summed E-state index contributed by atoms with van der Waals surface area (Å²) in [6.07, 6.45) is 0. The Labute approximate surface area is 117 Å². The average Bonchev–Trinajstić information content (AvgIpc) is 2.38. The van der Waals surface area contributed by atoms with Crippen LogP contribution in [0.3, 0.4) is 0 Å². The average molecular weight is 272 g/mol. The molecule has 0 aliphatic heterocycles. The first kappa shape index (κ1) is 14.3. The summed E-state index contributed by atoms with van der Waals surface area (Å²) >= 11 is 0. The number of aryl methyl sites for hydroxylation is 2. The minimum absolute atomic E-state index is 0.00111. The first-order chi connectivity index (χ1) is 9.32. The molecular formula is C17H17FO2. The van der Waals surface area contributed by atoms with Crippen molar-refractivity contribution in [2.24, 2.45) is 0 Å². The van der Waals surface area contributed by atoms with E-state index in [1.54, 1.807) is 6.07 Å². The van der Waals surface area contributed by atoms with Crippen molar-refractivity contribution in [3.05, 3.63) is 57.9 Å². The number of benzene rings is 2. The number of carboxylic acid groups (broad SMARTS) is 1. The van der Waals surface area contributed by atoms with Crippen molar-refractivity contribution in [2.45, 2.75) is 27.7 Å². The lowest BCUT2D eigenvalue weighted by Crippen LogP contribution is -2.03. The molecule has 0 bridgehead atoms. The normalized spacial score (nSPS) is 10.7. The van der Waals surface area contributed by atoms with Crippen LogP contribution in [0.15, 0.2) is 24.3 Å². The summed E-state index contributed by atoms with van der Waals surface area (Å²) in [5.74, 6) is -1.65. The second kappa shape index (κ2) is 5.08. The molecule has 0 saturated carbocycles. The van der Waals surface area contributed by atoms with Crippen LogP contribution in [0.1, 0.15) is 32.6 Å². The van der Waals surface area contributed by atoms with Crippen molar-refractivity contribution in [3.63, 3.8) is 0 Å². The molecule has 0 aliphatic carbocycles. The Hall–Kier alpha value is -2.16. The van der Waals surface area contributed by atoms with Crippen LogP contribution >= 0.6 is 0 Å². The molecule has 2 aromatic carbocycles. The zero-order valence-electron chi connectivity index (χ0n) is 12.0. The third-order valence-electron chi connectivity index (χ3n) is 3.85.